The normalized spacial score (nSPS) is 19.6. The molecule has 3 heterocycles. The maximum Gasteiger partial charge on any atom is 0.340 e. The van der Waals surface area contributed by atoms with Crippen molar-refractivity contribution in [2.24, 2.45) is 0 Å². The molecule has 3 aromatic rings. The van der Waals surface area contributed by atoms with Crippen LogP contribution in [-0.4, -0.2) is 49.5 Å². The second kappa shape index (κ2) is 7.84. The fraction of sp³-hybridized carbons (Fsp3) is 0.192. The molecule has 1 aromatic heterocycles. The summed E-state index contributed by atoms with van der Waals surface area (Å²) in [6.07, 6.45) is 0.460. The van der Waals surface area contributed by atoms with E-state index in [1.165, 1.54) is 24.0 Å². The number of carbonyl (C=O) groups is 3. The molecule has 9 heteroatoms. The van der Waals surface area contributed by atoms with Crippen LogP contribution in [0.4, 0.5) is 0 Å². The van der Waals surface area contributed by atoms with Gasteiger partial charge in [0.1, 0.15) is 5.75 Å². The van der Waals surface area contributed by atoms with Crippen molar-refractivity contribution >= 4 is 44.6 Å². The molecule has 0 bridgehead atoms. The molecule has 1 unspecified atom stereocenters. The highest BCUT2D eigenvalue weighted by molar-refractivity contribution is 9.10. The Labute approximate surface area is 208 Å². The van der Waals surface area contributed by atoms with E-state index in [-0.39, 0.29) is 34.7 Å². The number of aromatic amines is 1. The van der Waals surface area contributed by atoms with Crippen LogP contribution >= 0.6 is 15.9 Å². The van der Waals surface area contributed by atoms with Gasteiger partial charge in [0, 0.05) is 33.2 Å². The maximum atomic E-state index is 13.6. The number of aromatic nitrogens is 1. The zero-order chi connectivity index (χ0) is 25.2. The molecule has 0 radical (unpaired) electrons. The van der Waals surface area contributed by atoms with E-state index in [0.29, 0.717) is 22.1 Å². The van der Waals surface area contributed by atoms with Crippen LogP contribution in [0, 0.1) is 0 Å². The molecule has 8 nitrogen and oxygen atoms in total. The lowest BCUT2D eigenvalue weighted by molar-refractivity contribution is -0.153. The van der Waals surface area contributed by atoms with Crippen molar-refractivity contribution in [3.8, 4) is 5.75 Å². The van der Waals surface area contributed by atoms with Crippen molar-refractivity contribution in [3.63, 3.8) is 0 Å². The van der Waals surface area contributed by atoms with Crippen molar-refractivity contribution in [1.29, 1.82) is 0 Å². The van der Waals surface area contributed by atoms with Gasteiger partial charge in [-0.3, -0.25) is 4.79 Å². The summed E-state index contributed by atoms with van der Waals surface area (Å²) in [7, 11) is 0. The number of para-hydroxylation sites is 1. The zero-order valence-electron chi connectivity index (χ0n) is 18.8. The average molecular weight is 537 g/mol. The van der Waals surface area contributed by atoms with Crippen LogP contribution in [0.25, 0.3) is 10.9 Å². The number of fused-ring (bicyclic) bond motifs is 5. The van der Waals surface area contributed by atoms with Crippen LogP contribution in [0.3, 0.4) is 0 Å². The Morgan fingerprint density at radius 3 is 2.49 bits per heavy atom. The molecule has 35 heavy (non-hydrogen) atoms. The van der Waals surface area contributed by atoms with E-state index in [4.69, 9.17) is 0 Å². The van der Waals surface area contributed by atoms with E-state index in [2.05, 4.69) is 20.9 Å². The number of carboxylic acid groups (broad SMARTS) is 2. The van der Waals surface area contributed by atoms with Crippen molar-refractivity contribution in [3.05, 3.63) is 86.2 Å². The van der Waals surface area contributed by atoms with Crippen molar-refractivity contribution in [2.45, 2.75) is 25.8 Å². The quantitative estimate of drug-likeness (QED) is 0.364. The molecule has 0 amide bonds. The Morgan fingerprint density at radius 2 is 1.80 bits per heavy atom. The number of aromatic hydroxyl groups is 1. The summed E-state index contributed by atoms with van der Waals surface area (Å²) >= 11 is 3.29. The third-order valence-electron chi connectivity index (χ3n) is 7.00. The number of nitrogens with zero attached hydrogens (tertiary/aromatic N) is 1. The number of carboxylic acids is 2. The molecule has 0 spiro atoms. The number of allylic oxidation sites excluding steroid dienone is 3. The number of rotatable bonds is 4. The largest absolute Gasteiger partial charge is 0.507 e. The number of phenols is 1. The number of ketones is 1. The van der Waals surface area contributed by atoms with Crippen LogP contribution in [0.1, 0.15) is 35.5 Å². The van der Waals surface area contributed by atoms with Crippen LogP contribution in [-0.2, 0) is 21.5 Å². The smallest absolute Gasteiger partial charge is 0.340 e. The fourth-order valence-corrected chi connectivity index (χ4v) is 5.94. The number of H-pyrrole nitrogens is 1. The molecule has 2 aliphatic heterocycles. The summed E-state index contributed by atoms with van der Waals surface area (Å²) < 4.78 is 0.563. The number of hydrogen-bond donors (Lipinski definition) is 4. The first-order chi connectivity index (χ1) is 16.6. The number of nitrogens with one attached hydrogen (secondary N) is 1. The minimum Gasteiger partial charge on any atom is -0.507 e. The van der Waals surface area contributed by atoms with Gasteiger partial charge in [-0.15, -0.1) is 0 Å². The minimum absolute atomic E-state index is 0.0102. The second-order valence-corrected chi connectivity index (χ2v) is 9.61. The topological polar surface area (TPSA) is 131 Å². The molecule has 4 N–H and O–H groups in total. The predicted molar refractivity (Wildman–Crippen MR) is 131 cm³/mol. The van der Waals surface area contributed by atoms with E-state index >= 15 is 0 Å². The lowest BCUT2D eigenvalue weighted by Gasteiger charge is -2.49. The van der Waals surface area contributed by atoms with Gasteiger partial charge in [-0.1, -0.05) is 34.1 Å². The van der Waals surface area contributed by atoms with Crippen molar-refractivity contribution in [1.82, 2.24) is 9.88 Å². The first-order valence-corrected chi connectivity index (χ1v) is 11.7. The maximum absolute atomic E-state index is 13.6. The summed E-state index contributed by atoms with van der Waals surface area (Å²) in [5.41, 5.74) is -0.270. The molecular weight excluding hydrogens is 516 g/mol. The number of halogens is 1. The van der Waals surface area contributed by atoms with Gasteiger partial charge in [0.2, 0.25) is 5.54 Å². The van der Waals surface area contributed by atoms with Gasteiger partial charge < -0.3 is 25.2 Å². The average Bonchev–Trinajstić information content (AvgIpc) is 3.19. The Balaban J connectivity index is 1.84. The first-order valence-electron chi connectivity index (χ1n) is 10.9. The fourth-order valence-electron chi connectivity index (χ4n) is 5.58. The van der Waals surface area contributed by atoms with Crippen LogP contribution in [0.15, 0.2) is 69.4 Å². The van der Waals surface area contributed by atoms with Gasteiger partial charge in [0.15, 0.2) is 5.78 Å². The third-order valence-corrected chi connectivity index (χ3v) is 7.49. The monoisotopic (exact) mass is 536 g/mol. The summed E-state index contributed by atoms with van der Waals surface area (Å²) in [5, 5.41) is 32.2. The van der Waals surface area contributed by atoms with Gasteiger partial charge in [-0.05, 0) is 55.7 Å². The lowest BCUT2D eigenvalue weighted by Crippen LogP contribution is -2.59. The molecule has 0 fully saturated rings. The Hall–Kier alpha value is -3.85. The summed E-state index contributed by atoms with van der Waals surface area (Å²) in [5.74, 6) is -3.62. The number of Topliss-reactive ketones (excluding diaryl/α,β-unsaturated/α-hetero) is 1. The standard InChI is InChI=1S/C26H21BrN2O6/c1-12-20(22(31)17-11-14(27)7-8-19(17)30)13(2)29-10-9-16-15-5-3-4-6-18(15)28-23(16)26(29,25(34)35)21(12)24(32)33/h3-8,11,28,30H,9-10H2,1-2H3,(H,32,33)(H,34,35). The number of phenolic OH excluding ortho intramolecular Hbond substituents is 1. The van der Waals surface area contributed by atoms with Gasteiger partial charge in [0.25, 0.3) is 0 Å². The van der Waals surface area contributed by atoms with Crippen molar-refractivity contribution in [2.75, 3.05) is 6.54 Å². The Bertz CT molecular complexity index is 1530. The number of aliphatic carboxylic acids is 2. The van der Waals surface area contributed by atoms with Crippen LogP contribution in [0.5, 0.6) is 5.75 Å². The Morgan fingerprint density at radius 1 is 1.09 bits per heavy atom. The number of benzene rings is 2. The summed E-state index contributed by atoms with van der Waals surface area (Å²) in [6, 6.07) is 11.8. The molecule has 0 saturated heterocycles. The second-order valence-electron chi connectivity index (χ2n) is 8.70. The SMILES string of the molecule is CC1=C(C(=O)O)C2(C(=O)O)c3[nH]c4ccccc4c3CCN2C(C)=C1C(=O)c1cc(Br)ccc1O. The highest BCUT2D eigenvalue weighted by atomic mass is 79.9. The minimum atomic E-state index is -2.05. The highest BCUT2D eigenvalue weighted by Crippen LogP contribution is 2.51. The number of hydrogen-bond acceptors (Lipinski definition) is 5. The lowest BCUT2D eigenvalue weighted by atomic mass is 9.72. The van der Waals surface area contributed by atoms with Gasteiger partial charge in [-0.25, -0.2) is 9.59 Å². The third kappa shape index (κ3) is 3.01. The molecule has 178 valence electrons. The molecule has 5 rings (SSSR count). The Kier molecular flexibility index (Phi) is 5.14. The summed E-state index contributed by atoms with van der Waals surface area (Å²) in [4.78, 5) is 44.1. The molecule has 1 atom stereocenters. The van der Waals surface area contributed by atoms with Gasteiger partial charge in [0.05, 0.1) is 16.8 Å². The summed E-state index contributed by atoms with van der Waals surface area (Å²) in [6.45, 7) is 3.27. The molecule has 0 saturated carbocycles. The first kappa shape index (κ1) is 22.9. The molecule has 0 aliphatic carbocycles. The van der Waals surface area contributed by atoms with E-state index in [1.54, 1.807) is 13.0 Å². The van der Waals surface area contributed by atoms with Gasteiger partial charge in [-0.2, -0.15) is 0 Å². The van der Waals surface area contributed by atoms with E-state index in [9.17, 15) is 29.7 Å². The number of carbonyl (C=O) groups excluding carboxylic acids is 1. The van der Waals surface area contributed by atoms with E-state index in [1.807, 2.05) is 24.3 Å². The van der Waals surface area contributed by atoms with E-state index in [0.717, 1.165) is 10.9 Å². The van der Waals surface area contributed by atoms with E-state index < -0.39 is 28.8 Å². The molecular formula is C26H21BrN2O6. The predicted octanol–water partition coefficient (Wildman–Crippen LogP) is 4.35. The zero-order valence-corrected chi connectivity index (χ0v) is 20.4. The van der Waals surface area contributed by atoms with Crippen molar-refractivity contribution < 1.29 is 29.7 Å². The molecule has 2 aliphatic rings. The van der Waals surface area contributed by atoms with Crippen LogP contribution < -0.4 is 0 Å². The van der Waals surface area contributed by atoms with Gasteiger partial charge >= 0.3 is 11.9 Å². The van der Waals surface area contributed by atoms with Crippen LogP contribution in [0.2, 0.25) is 0 Å². The molecule has 2 aromatic carbocycles. The highest BCUT2D eigenvalue weighted by Gasteiger charge is 2.59.